The van der Waals surface area contributed by atoms with E-state index in [2.05, 4.69) is 38.8 Å². The van der Waals surface area contributed by atoms with Gasteiger partial charge in [0.15, 0.2) is 0 Å². The molecule has 1 aromatic carbocycles. The van der Waals surface area contributed by atoms with Gasteiger partial charge in [0.05, 0.1) is 0 Å². The summed E-state index contributed by atoms with van der Waals surface area (Å²) in [5.41, 5.74) is 6.27. The molecular formula is C14H20Br2N2O2S. The second kappa shape index (κ2) is 6.98. The molecule has 2 rings (SSSR count). The molecule has 21 heavy (non-hydrogen) atoms. The molecule has 118 valence electrons. The van der Waals surface area contributed by atoms with Crippen molar-refractivity contribution in [2.45, 2.75) is 37.5 Å². The Morgan fingerprint density at radius 3 is 2.43 bits per heavy atom. The minimum atomic E-state index is -3.51. The third-order valence-electron chi connectivity index (χ3n) is 4.00. The fraction of sp³-hybridized carbons (Fsp3) is 0.571. The fourth-order valence-electron chi connectivity index (χ4n) is 2.74. The highest BCUT2D eigenvalue weighted by Crippen LogP contribution is 2.35. The lowest BCUT2D eigenvalue weighted by Crippen LogP contribution is -2.32. The van der Waals surface area contributed by atoms with Gasteiger partial charge >= 0.3 is 0 Å². The Labute approximate surface area is 143 Å². The normalized spacial score (nSPS) is 21.2. The van der Waals surface area contributed by atoms with Crippen molar-refractivity contribution < 1.29 is 8.42 Å². The molecule has 1 saturated heterocycles. The SMILES string of the molecule is CCC1CCCN(S(=O)(=O)c2c(Br)cc(N)cc2Br)CC1. The van der Waals surface area contributed by atoms with Crippen LogP contribution in [0.15, 0.2) is 26.0 Å². The second-order valence-electron chi connectivity index (χ2n) is 5.42. The molecule has 0 amide bonds. The highest BCUT2D eigenvalue weighted by atomic mass is 79.9. The van der Waals surface area contributed by atoms with Crippen LogP contribution in [0.25, 0.3) is 0 Å². The Bertz CT molecular complexity index is 596. The Kier molecular flexibility index (Phi) is 5.73. The van der Waals surface area contributed by atoms with E-state index >= 15 is 0 Å². The van der Waals surface area contributed by atoms with Crippen molar-refractivity contribution in [1.29, 1.82) is 0 Å². The quantitative estimate of drug-likeness (QED) is 0.724. The predicted molar refractivity (Wildman–Crippen MR) is 92.6 cm³/mol. The first-order valence-corrected chi connectivity index (χ1v) is 10.1. The first kappa shape index (κ1) is 17.2. The maximum absolute atomic E-state index is 12.9. The van der Waals surface area contributed by atoms with Crippen LogP contribution in [0.4, 0.5) is 5.69 Å². The fourth-order valence-corrected chi connectivity index (χ4v) is 6.78. The predicted octanol–water partition coefficient (Wildman–Crippen LogP) is 3.99. The van der Waals surface area contributed by atoms with Crippen LogP contribution in [0.2, 0.25) is 0 Å². The molecule has 1 aliphatic heterocycles. The Morgan fingerprint density at radius 2 is 1.86 bits per heavy atom. The lowest BCUT2D eigenvalue weighted by molar-refractivity contribution is 0.407. The number of benzene rings is 1. The lowest BCUT2D eigenvalue weighted by atomic mass is 9.98. The van der Waals surface area contributed by atoms with Crippen LogP contribution in [0.3, 0.4) is 0 Å². The number of sulfonamides is 1. The van der Waals surface area contributed by atoms with E-state index < -0.39 is 10.0 Å². The minimum Gasteiger partial charge on any atom is -0.399 e. The number of nitrogens with zero attached hydrogens (tertiary/aromatic N) is 1. The summed E-state index contributed by atoms with van der Waals surface area (Å²) in [6, 6.07) is 3.26. The van der Waals surface area contributed by atoms with Crippen LogP contribution in [-0.4, -0.2) is 25.8 Å². The summed E-state index contributed by atoms with van der Waals surface area (Å²) in [5.74, 6) is 0.628. The summed E-state index contributed by atoms with van der Waals surface area (Å²) in [4.78, 5) is 0.270. The van der Waals surface area contributed by atoms with Gasteiger partial charge in [0.1, 0.15) is 4.90 Å². The van der Waals surface area contributed by atoms with E-state index in [-0.39, 0.29) is 4.90 Å². The topological polar surface area (TPSA) is 63.4 Å². The monoisotopic (exact) mass is 438 g/mol. The highest BCUT2D eigenvalue weighted by Gasteiger charge is 2.30. The van der Waals surface area contributed by atoms with E-state index in [0.717, 1.165) is 25.7 Å². The maximum Gasteiger partial charge on any atom is 0.245 e. The van der Waals surface area contributed by atoms with E-state index in [4.69, 9.17) is 5.73 Å². The number of nitrogen functional groups attached to an aromatic ring is 1. The van der Waals surface area contributed by atoms with E-state index in [1.807, 2.05) is 0 Å². The first-order chi connectivity index (χ1) is 9.86. The van der Waals surface area contributed by atoms with Gasteiger partial charge in [-0.05, 0) is 69.2 Å². The van der Waals surface area contributed by atoms with E-state index in [1.54, 1.807) is 16.4 Å². The second-order valence-corrected chi connectivity index (χ2v) is 9.01. The van der Waals surface area contributed by atoms with Crippen LogP contribution < -0.4 is 5.73 Å². The molecule has 1 aromatic rings. The molecule has 2 N–H and O–H groups in total. The van der Waals surface area contributed by atoms with Gasteiger partial charge in [-0.1, -0.05) is 13.3 Å². The zero-order valence-electron chi connectivity index (χ0n) is 12.0. The number of hydrogen-bond acceptors (Lipinski definition) is 3. The van der Waals surface area contributed by atoms with Gasteiger partial charge in [0.25, 0.3) is 0 Å². The number of nitrogens with two attached hydrogens (primary N) is 1. The minimum absolute atomic E-state index is 0.270. The average Bonchev–Trinajstić information content (AvgIpc) is 2.62. The van der Waals surface area contributed by atoms with Gasteiger partial charge in [-0.15, -0.1) is 0 Å². The van der Waals surface area contributed by atoms with Crippen molar-refractivity contribution in [2.75, 3.05) is 18.8 Å². The smallest absolute Gasteiger partial charge is 0.245 e. The Hall–Kier alpha value is -0.110. The summed E-state index contributed by atoms with van der Waals surface area (Å²) in [7, 11) is -3.51. The molecule has 1 aliphatic rings. The van der Waals surface area contributed by atoms with Gasteiger partial charge in [-0.25, -0.2) is 8.42 Å². The van der Waals surface area contributed by atoms with Crippen molar-refractivity contribution in [3.8, 4) is 0 Å². The van der Waals surface area contributed by atoms with Gasteiger partial charge in [0, 0.05) is 27.7 Å². The van der Waals surface area contributed by atoms with Crippen molar-refractivity contribution >= 4 is 47.6 Å². The Balaban J connectivity index is 2.34. The van der Waals surface area contributed by atoms with Gasteiger partial charge in [-0.2, -0.15) is 4.31 Å². The zero-order chi connectivity index (χ0) is 15.6. The molecule has 0 saturated carbocycles. The van der Waals surface area contributed by atoms with Crippen molar-refractivity contribution in [2.24, 2.45) is 5.92 Å². The van der Waals surface area contributed by atoms with Crippen LogP contribution in [0.1, 0.15) is 32.6 Å². The molecular weight excluding hydrogens is 420 g/mol. The standard InChI is InChI=1S/C14H20Br2N2O2S/c1-2-10-4-3-6-18(7-5-10)21(19,20)14-12(15)8-11(17)9-13(14)16/h8-10H,2-7,17H2,1H3. The molecule has 4 nitrogen and oxygen atoms in total. The third-order valence-corrected chi connectivity index (χ3v) is 7.78. The van der Waals surface area contributed by atoms with E-state index in [0.29, 0.717) is 33.6 Å². The summed E-state index contributed by atoms with van der Waals surface area (Å²) in [5, 5.41) is 0. The summed E-state index contributed by atoms with van der Waals surface area (Å²) < 4.78 is 28.4. The van der Waals surface area contributed by atoms with Crippen LogP contribution in [-0.2, 0) is 10.0 Å². The van der Waals surface area contributed by atoms with Crippen molar-refractivity contribution in [1.82, 2.24) is 4.31 Å². The molecule has 1 heterocycles. The van der Waals surface area contributed by atoms with E-state index in [9.17, 15) is 8.42 Å². The van der Waals surface area contributed by atoms with Crippen molar-refractivity contribution in [3.05, 3.63) is 21.1 Å². The number of halogens is 2. The Morgan fingerprint density at radius 1 is 1.24 bits per heavy atom. The van der Waals surface area contributed by atoms with Crippen LogP contribution >= 0.6 is 31.9 Å². The number of rotatable bonds is 3. The summed E-state index contributed by atoms with van der Waals surface area (Å²) in [6.07, 6.45) is 4.07. The molecule has 7 heteroatoms. The third kappa shape index (κ3) is 3.81. The van der Waals surface area contributed by atoms with Gasteiger partial charge in [0.2, 0.25) is 10.0 Å². The first-order valence-electron chi connectivity index (χ1n) is 7.11. The molecule has 1 atom stereocenters. The molecule has 0 radical (unpaired) electrons. The highest BCUT2D eigenvalue weighted by molar-refractivity contribution is 9.11. The van der Waals surface area contributed by atoms with Gasteiger partial charge < -0.3 is 5.73 Å². The van der Waals surface area contributed by atoms with Crippen molar-refractivity contribution in [3.63, 3.8) is 0 Å². The van der Waals surface area contributed by atoms with Crippen LogP contribution in [0, 0.1) is 5.92 Å². The molecule has 0 bridgehead atoms. The van der Waals surface area contributed by atoms with Gasteiger partial charge in [-0.3, -0.25) is 0 Å². The number of anilines is 1. The molecule has 0 spiro atoms. The maximum atomic E-state index is 12.9. The van der Waals surface area contributed by atoms with Crippen LogP contribution in [0.5, 0.6) is 0 Å². The molecule has 1 fully saturated rings. The summed E-state index contributed by atoms with van der Waals surface area (Å²) in [6.45, 7) is 3.34. The number of hydrogen-bond donors (Lipinski definition) is 1. The summed E-state index contributed by atoms with van der Waals surface area (Å²) >= 11 is 6.66. The molecule has 0 aromatic heterocycles. The van der Waals surface area contributed by atoms with E-state index in [1.165, 1.54) is 0 Å². The zero-order valence-corrected chi connectivity index (χ0v) is 16.0. The molecule has 1 unspecified atom stereocenters. The lowest BCUT2D eigenvalue weighted by Gasteiger charge is -2.22. The average molecular weight is 440 g/mol. The molecule has 0 aliphatic carbocycles. The largest absolute Gasteiger partial charge is 0.399 e.